The zero-order valence-corrected chi connectivity index (χ0v) is 19.9. The smallest absolute Gasteiger partial charge is 0.330 e. The summed E-state index contributed by atoms with van der Waals surface area (Å²) in [5, 5.41) is 9.56. The van der Waals surface area contributed by atoms with Crippen LogP contribution in [0, 0.1) is 0 Å². The monoisotopic (exact) mass is 462 g/mol. The Labute approximate surface area is 197 Å². The highest BCUT2D eigenvalue weighted by atomic mass is 16.5. The van der Waals surface area contributed by atoms with Gasteiger partial charge in [0.05, 0.1) is 37.6 Å². The molecule has 0 radical (unpaired) electrons. The lowest BCUT2D eigenvalue weighted by Gasteiger charge is -2.26. The highest BCUT2D eigenvalue weighted by molar-refractivity contribution is 6.02. The Balaban J connectivity index is 1.36. The number of hydrogen-bond donors (Lipinski definition) is 0. The van der Waals surface area contributed by atoms with Crippen molar-refractivity contribution in [1.29, 1.82) is 0 Å². The minimum Gasteiger partial charge on any atom is -0.379 e. The van der Waals surface area contributed by atoms with Crippen molar-refractivity contribution in [1.82, 2.24) is 29.2 Å². The van der Waals surface area contributed by atoms with Gasteiger partial charge in [0.2, 0.25) is 0 Å². The van der Waals surface area contributed by atoms with Crippen LogP contribution in [0.2, 0.25) is 0 Å². The molecule has 0 N–H and O–H groups in total. The third kappa shape index (κ3) is 4.34. The molecule has 1 aliphatic heterocycles. The van der Waals surface area contributed by atoms with E-state index in [9.17, 15) is 4.79 Å². The van der Waals surface area contributed by atoms with Crippen LogP contribution in [0.3, 0.4) is 0 Å². The molecule has 34 heavy (non-hydrogen) atoms. The topological polar surface area (TPSA) is 87.3 Å². The summed E-state index contributed by atoms with van der Waals surface area (Å²) < 4.78 is 14.5. The van der Waals surface area contributed by atoms with Gasteiger partial charge >= 0.3 is 5.69 Å². The zero-order chi connectivity index (χ0) is 23.7. The van der Waals surface area contributed by atoms with Gasteiger partial charge in [-0.15, -0.1) is 10.2 Å². The Bertz CT molecular complexity index is 1350. The second-order valence-corrected chi connectivity index (χ2v) is 8.95. The third-order valence-electron chi connectivity index (χ3n) is 6.35. The van der Waals surface area contributed by atoms with E-state index in [1.807, 2.05) is 38.2 Å². The molecule has 0 saturated carbocycles. The van der Waals surface area contributed by atoms with Gasteiger partial charge in [-0.25, -0.2) is 4.79 Å². The summed E-state index contributed by atoms with van der Waals surface area (Å²) in [4.78, 5) is 19.7. The molecule has 1 aromatic carbocycles. The maximum absolute atomic E-state index is 12.8. The average molecular weight is 463 g/mol. The quantitative estimate of drug-likeness (QED) is 0.390. The van der Waals surface area contributed by atoms with E-state index in [2.05, 4.69) is 32.2 Å². The molecule has 3 aromatic heterocycles. The highest BCUT2D eigenvalue weighted by Gasteiger charge is 2.18. The van der Waals surface area contributed by atoms with Crippen molar-refractivity contribution in [2.24, 2.45) is 7.05 Å². The van der Waals surface area contributed by atoms with Crippen LogP contribution in [0.1, 0.15) is 25.6 Å². The van der Waals surface area contributed by atoms with Crippen LogP contribution in [-0.2, 0) is 23.1 Å². The number of pyridine rings is 1. The number of aromatic nitrogens is 5. The molecule has 4 heterocycles. The minimum absolute atomic E-state index is 0.0106. The molecule has 0 unspecified atom stereocenters. The summed E-state index contributed by atoms with van der Waals surface area (Å²) in [6, 6.07) is 10.1. The number of fused-ring (bicyclic) bond motifs is 3. The summed E-state index contributed by atoms with van der Waals surface area (Å²) in [5.41, 5.74) is 4.99. The van der Waals surface area contributed by atoms with Gasteiger partial charge in [-0.05, 0) is 37.6 Å². The molecule has 9 nitrogen and oxygen atoms in total. The molecule has 5 rings (SSSR count). The first-order chi connectivity index (χ1) is 16.5. The molecule has 9 heteroatoms. The SMILES string of the molecule is CC(C)n1c(=O)n(C)c2nnc3ccc(-c4ccc(COCCN5CCOCC5)nc4)cc3c21. The largest absolute Gasteiger partial charge is 0.379 e. The van der Waals surface area contributed by atoms with Gasteiger partial charge in [0.25, 0.3) is 0 Å². The van der Waals surface area contributed by atoms with E-state index < -0.39 is 0 Å². The average Bonchev–Trinajstić information content (AvgIpc) is 3.13. The van der Waals surface area contributed by atoms with E-state index in [0.29, 0.717) is 18.9 Å². The van der Waals surface area contributed by atoms with Gasteiger partial charge in [-0.2, -0.15) is 0 Å². The zero-order valence-electron chi connectivity index (χ0n) is 19.9. The Morgan fingerprint density at radius 1 is 1.09 bits per heavy atom. The summed E-state index contributed by atoms with van der Waals surface area (Å²) in [5.74, 6) is 0. The summed E-state index contributed by atoms with van der Waals surface area (Å²) in [6.07, 6.45) is 1.87. The van der Waals surface area contributed by atoms with E-state index in [1.165, 1.54) is 0 Å². The molecule has 1 aliphatic rings. The number of morpholine rings is 1. The maximum atomic E-state index is 12.8. The van der Waals surface area contributed by atoms with E-state index in [1.54, 1.807) is 16.2 Å². The van der Waals surface area contributed by atoms with Gasteiger partial charge in [0.15, 0.2) is 5.65 Å². The molecule has 4 aromatic rings. The highest BCUT2D eigenvalue weighted by Crippen LogP contribution is 2.28. The van der Waals surface area contributed by atoms with Crippen LogP contribution in [0.4, 0.5) is 0 Å². The molecule has 1 fully saturated rings. The third-order valence-corrected chi connectivity index (χ3v) is 6.35. The number of benzene rings is 1. The van der Waals surface area contributed by atoms with E-state index >= 15 is 0 Å². The van der Waals surface area contributed by atoms with E-state index in [-0.39, 0.29) is 11.7 Å². The standard InChI is InChI=1S/C25H30N6O3/c1-17(2)31-23-21-14-18(5-7-22(21)27-28-24(23)29(3)25(31)32)19-4-6-20(26-15-19)16-34-13-10-30-8-11-33-12-9-30/h4-7,14-15,17H,8-13,16H2,1-3H3. The molecular formula is C25H30N6O3. The number of aryl methyl sites for hydroxylation is 1. The van der Waals surface area contributed by atoms with Crippen molar-refractivity contribution in [3.05, 3.63) is 52.7 Å². The lowest BCUT2D eigenvalue weighted by molar-refractivity contribution is 0.0177. The van der Waals surface area contributed by atoms with Crippen LogP contribution in [0.15, 0.2) is 41.3 Å². The fourth-order valence-corrected chi connectivity index (χ4v) is 4.43. The van der Waals surface area contributed by atoms with Gasteiger partial charge in [0.1, 0.15) is 5.52 Å². The van der Waals surface area contributed by atoms with Crippen molar-refractivity contribution in [2.45, 2.75) is 26.5 Å². The van der Waals surface area contributed by atoms with Crippen LogP contribution in [-0.4, -0.2) is 68.7 Å². The van der Waals surface area contributed by atoms with Crippen LogP contribution in [0.5, 0.6) is 0 Å². The Hall–Kier alpha value is -3.14. The summed E-state index contributed by atoms with van der Waals surface area (Å²) in [6.45, 7) is 9.63. The second kappa shape index (κ2) is 9.61. The minimum atomic E-state index is -0.0863. The lowest BCUT2D eigenvalue weighted by Crippen LogP contribution is -2.38. The van der Waals surface area contributed by atoms with Gasteiger partial charge < -0.3 is 9.47 Å². The van der Waals surface area contributed by atoms with Crippen molar-refractivity contribution in [2.75, 3.05) is 39.5 Å². The first kappa shape index (κ1) is 22.6. The molecule has 0 atom stereocenters. The van der Waals surface area contributed by atoms with Crippen LogP contribution < -0.4 is 5.69 Å². The number of hydrogen-bond acceptors (Lipinski definition) is 7. The normalized spacial score (nSPS) is 15.1. The molecular weight excluding hydrogens is 432 g/mol. The fourth-order valence-electron chi connectivity index (χ4n) is 4.43. The van der Waals surface area contributed by atoms with Gasteiger partial charge in [-0.1, -0.05) is 12.1 Å². The predicted molar refractivity (Wildman–Crippen MR) is 131 cm³/mol. The summed E-state index contributed by atoms with van der Waals surface area (Å²) in [7, 11) is 1.74. The number of nitrogens with zero attached hydrogens (tertiary/aromatic N) is 6. The van der Waals surface area contributed by atoms with E-state index in [0.717, 1.165) is 66.1 Å². The Kier molecular flexibility index (Phi) is 6.40. The molecule has 0 bridgehead atoms. The first-order valence-corrected chi connectivity index (χ1v) is 11.7. The molecule has 178 valence electrons. The maximum Gasteiger partial charge on any atom is 0.330 e. The molecule has 1 saturated heterocycles. The molecule has 0 aliphatic carbocycles. The second-order valence-electron chi connectivity index (χ2n) is 8.95. The number of rotatable bonds is 7. The van der Waals surface area contributed by atoms with Crippen molar-refractivity contribution >= 4 is 22.1 Å². The van der Waals surface area contributed by atoms with Crippen molar-refractivity contribution in [3.8, 4) is 11.1 Å². The predicted octanol–water partition coefficient (Wildman–Crippen LogP) is 2.77. The number of imidazole rings is 1. The molecule has 0 amide bonds. The Morgan fingerprint density at radius 3 is 2.62 bits per heavy atom. The fraction of sp³-hybridized carbons (Fsp3) is 0.440. The van der Waals surface area contributed by atoms with Crippen LogP contribution in [0.25, 0.3) is 33.2 Å². The van der Waals surface area contributed by atoms with Crippen molar-refractivity contribution in [3.63, 3.8) is 0 Å². The molecule has 0 spiro atoms. The lowest BCUT2D eigenvalue weighted by atomic mass is 10.0. The Morgan fingerprint density at radius 2 is 1.88 bits per heavy atom. The first-order valence-electron chi connectivity index (χ1n) is 11.7. The van der Waals surface area contributed by atoms with Gasteiger partial charge in [-0.3, -0.25) is 19.0 Å². The van der Waals surface area contributed by atoms with Crippen molar-refractivity contribution < 1.29 is 9.47 Å². The number of ether oxygens (including phenoxy) is 2. The van der Waals surface area contributed by atoms with Crippen LogP contribution >= 0.6 is 0 Å². The van der Waals surface area contributed by atoms with Gasteiger partial charge in [0, 0.05) is 49.9 Å². The van der Waals surface area contributed by atoms with E-state index in [4.69, 9.17) is 9.47 Å². The summed E-state index contributed by atoms with van der Waals surface area (Å²) >= 11 is 0.